The molecule has 3 heterocycles. The molecule has 1 atom stereocenters. The molecule has 6 heteroatoms. The molecule has 2 fully saturated rings. The molecule has 0 saturated carbocycles. The molecule has 0 spiro atoms. The molecular formula is C19H31N5O. The van der Waals surface area contributed by atoms with E-state index in [4.69, 9.17) is 5.73 Å². The molecule has 0 aromatic carbocycles. The molecule has 3 rings (SSSR count). The summed E-state index contributed by atoms with van der Waals surface area (Å²) in [6.45, 7) is 6.63. The van der Waals surface area contributed by atoms with Crippen LogP contribution in [0.3, 0.4) is 0 Å². The Morgan fingerprint density at radius 3 is 2.84 bits per heavy atom. The molecule has 2 aliphatic heterocycles. The minimum atomic E-state index is 0.118. The second kappa shape index (κ2) is 9.27. The van der Waals surface area contributed by atoms with Gasteiger partial charge in [0.25, 0.3) is 0 Å². The lowest BCUT2D eigenvalue weighted by Crippen LogP contribution is -2.51. The summed E-state index contributed by atoms with van der Waals surface area (Å²) in [5, 5.41) is 3.09. The number of piperidine rings is 2. The van der Waals surface area contributed by atoms with Crippen molar-refractivity contribution in [2.45, 2.75) is 38.3 Å². The number of pyridine rings is 1. The zero-order valence-corrected chi connectivity index (χ0v) is 15.1. The third-order valence-electron chi connectivity index (χ3n) is 5.53. The number of amides is 1. The predicted molar refractivity (Wildman–Crippen MR) is 98.9 cm³/mol. The SMILES string of the molecule is NCCN1CCC(N2CCCC(C(=O)NCc3cccnc3)C2)CC1. The van der Waals surface area contributed by atoms with Crippen LogP contribution in [-0.2, 0) is 11.3 Å². The van der Waals surface area contributed by atoms with Crippen molar-refractivity contribution in [3.63, 3.8) is 0 Å². The average molecular weight is 345 g/mol. The molecule has 1 aromatic rings. The quantitative estimate of drug-likeness (QED) is 0.799. The molecule has 1 amide bonds. The van der Waals surface area contributed by atoms with Crippen molar-refractivity contribution in [2.24, 2.45) is 11.7 Å². The Bertz CT molecular complexity index is 530. The summed E-state index contributed by atoms with van der Waals surface area (Å²) >= 11 is 0. The van der Waals surface area contributed by atoms with Gasteiger partial charge < -0.3 is 16.0 Å². The predicted octanol–water partition coefficient (Wildman–Crippen LogP) is 0.833. The maximum absolute atomic E-state index is 12.6. The van der Waals surface area contributed by atoms with E-state index in [2.05, 4.69) is 20.1 Å². The highest BCUT2D eigenvalue weighted by Gasteiger charge is 2.31. The molecule has 2 saturated heterocycles. The highest BCUT2D eigenvalue weighted by atomic mass is 16.1. The third-order valence-corrected chi connectivity index (χ3v) is 5.53. The van der Waals surface area contributed by atoms with Crippen LogP contribution in [0.1, 0.15) is 31.2 Å². The molecular weight excluding hydrogens is 314 g/mol. The Balaban J connectivity index is 1.45. The van der Waals surface area contributed by atoms with Crippen LogP contribution in [0.2, 0.25) is 0 Å². The number of hydrogen-bond donors (Lipinski definition) is 2. The van der Waals surface area contributed by atoms with Gasteiger partial charge in [0.2, 0.25) is 5.91 Å². The highest BCUT2D eigenvalue weighted by Crippen LogP contribution is 2.24. The standard InChI is InChI=1S/C19H31N5O/c20-7-12-23-10-5-18(6-11-23)24-9-2-4-17(15-24)19(25)22-14-16-3-1-8-21-13-16/h1,3,8,13,17-18H,2,4-7,9-12,14-15,20H2,(H,22,25). The van der Waals surface area contributed by atoms with E-state index in [0.29, 0.717) is 12.6 Å². The van der Waals surface area contributed by atoms with E-state index in [0.717, 1.165) is 57.7 Å². The Kier molecular flexibility index (Phi) is 6.78. The summed E-state index contributed by atoms with van der Waals surface area (Å²) in [4.78, 5) is 21.7. The van der Waals surface area contributed by atoms with Gasteiger partial charge in [0.1, 0.15) is 0 Å². The van der Waals surface area contributed by atoms with E-state index in [1.165, 1.54) is 12.8 Å². The van der Waals surface area contributed by atoms with Gasteiger partial charge in [-0.15, -0.1) is 0 Å². The average Bonchev–Trinajstić information content (AvgIpc) is 2.68. The van der Waals surface area contributed by atoms with Gasteiger partial charge in [-0.25, -0.2) is 0 Å². The van der Waals surface area contributed by atoms with Crippen molar-refractivity contribution in [2.75, 3.05) is 39.3 Å². The van der Waals surface area contributed by atoms with Gasteiger partial charge in [-0.2, -0.15) is 0 Å². The molecule has 2 aliphatic rings. The minimum absolute atomic E-state index is 0.118. The fraction of sp³-hybridized carbons (Fsp3) is 0.684. The van der Waals surface area contributed by atoms with Gasteiger partial charge in [0, 0.05) is 44.6 Å². The van der Waals surface area contributed by atoms with Gasteiger partial charge in [0.15, 0.2) is 0 Å². The first kappa shape index (κ1) is 18.3. The number of nitrogens with two attached hydrogens (primary N) is 1. The van der Waals surface area contributed by atoms with Gasteiger partial charge in [-0.05, 0) is 56.9 Å². The number of nitrogens with one attached hydrogen (secondary N) is 1. The second-order valence-corrected chi connectivity index (χ2v) is 7.27. The van der Waals surface area contributed by atoms with Crippen molar-refractivity contribution in [3.05, 3.63) is 30.1 Å². The molecule has 1 aromatic heterocycles. The highest BCUT2D eigenvalue weighted by molar-refractivity contribution is 5.78. The van der Waals surface area contributed by atoms with Gasteiger partial charge in [-0.1, -0.05) is 6.07 Å². The summed E-state index contributed by atoms with van der Waals surface area (Å²) < 4.78 is 0. The van der Waals surface area contributed by atoms with Crippen molar-refractivity contribution < 1.29 is 4.79 Å². The first-order valence-electron chi connectivity index (χ1n) is 9.59. The molecule has 0 aliphatic carbocycles. The van der Waals surface area contributed by atoms with Gasteiger partial charge >= 0.3 is 0 Å². The largest absolute Gasteiger partial charge is 0.352 e. The summed E-state index contributed by atoms with van der Waals surface area (Å²) in [5.41, 5.74) is 6.71. The summed E-state index contributed by atoms with van der Waals surface area (Å²) in [6.07, 6.45) is 8.08. The van der Waals surface area contributed by atoms with Crippen LogP contribution >= 0.6 is 0 Å². The summed E-state index contributed by atoms with van der Waals surface area (Å²) in [6, 6.07) is 4.53. The topological polar surface area (TPSA) is 74.5 Å². The van der Waals surface area contributed by atoms with Crippen molar-refractivity contribution in [1.29, 1.82) is 0 Å². The first-order chi connectivity index (χ1) is 12.3. The number of carbonyl (C=O) groups is 1. The van der Waals surface area contributed by atoms with Crippen LogP contribution in [0.5, 0.6) is 0 Å². The van der Waals surface area contributed by atoms with Crippen LogP contribution in [-0.4, -0.2) is 66.0 Å². The fourth-order valence-corrected chi connectivity index (χ4v) is 4.08. The van der Waals surface area contributed by atoms with Crippen LogP contribution in [0.15, 0.2) is 24.5 Å². The number of aromatic nitrogens is 1. The minimum Gasteiger partial charge on any atom is -0.352 e. The molecule has 25 heavy (non-hydrogen) atoms. The maximum Gasteiger partial charge on any atom is 0.224 e. The van der Waals surface area contributed by atoms with Crippen LogP contribution in [0, 0.1) is 5.92 Å². The van der Waals surface area contributed by atoms with Crippen molar-refractivity contribution in [1.82, 2.24) is 20.1 Å². The zero-order valence-electron chi connectivity index (χ0n) is 15.1. The monoisotopic (exact) mass is 345 g/mol. The van der Waals surface area contributed by atoms with Crippen molar-refractivity contribution in [3.8, 4) is 0 Å². The van der Waals surface area contributed by atoms with Crippen LogP contribution < -0.4 is 11.1 Å². The first-order valence-corrected chi connectivity index (χ1v) is 9.59. The third kappa shape index (κ3) is 5.23. The lowest BCUT2D eigenvalue weighted by Gasteiger charge is -2.42. The van der Waals surface area contributed by atoms with E-state index >= 15 is 0 Å². The zero-order chi connectivity index (χ0) is 17.5. The number of nitrogens with zero attached hydrogens (tertiary/aromatic N) is 3. The Hall–Kier alpha value is -1.50. The molecule has 6 nitrogen and oxygen atoms in total. The normalized spacial score (nSPS) is 23.5. The number of likely N-dealkylation sites (tertiary alicyclic amines) is 2. The summed E-state index contributed by atoms with van der Waals surface area (Å²) in [7, 11) is 0. The smallest absolute Gasteiger partial charge is 0.224 e. The second-order valence-electron chi connectivity index (χ2n) is 7.27. The van der Waals surface area contributed by atoms with E-state index in [1.807, 2.05) is 18.3 Å². The van der Waals surface area contributed by atoms with E-state index < -0.39 is 0 Å². The molecule has 1 unspecified atom stereocenters. The van der Waals surface area contributed by atoms with Crippen LogP contribution in [0.4, 0.5) is 0 Å². The van der Waals surface area contributed by atoms with Crippen LogP contribution in [0.25, 0.3) is 0 Å². The molecule has 0 radical (unpaired) electrons. The maximum atomic E-state index is 12.6. The molecule has 0 bridgehead atoms. The molecule has 138 valence electrons. The lowest BCUT2D eigenvalue weighted by molar-refractivity contribution is -0.127. The van der Waals surface area contributed by atoms with Crippen molar-refractivity contribution >= 4 is 5.91 Å². The molecule has 3 N–H and O–H groups in total. The fourth-order valence-electron chi connectivity index (χ4n) is 4.08. The van der Waals surface area contributed by atoms with Gasteiger partial charge in [0.05, 0.1) is 5.92 Å². The van der Waals surface area contributed by atoms with E-state index in [-0.39, 0.29) is 11.8 Å². The van der Waals surface area contributed by atoms with E-state index in [9.17, 15) is 4.79 Å². The number of hydrogen-bond acceptors (Lipinski definition) is 5. The Morgan fingerprint density at radius 1 is 1.28 bits per heavy atom. The Labute approximate surface area is 150 Å². The number of rotatable bonds is 6. The van der Waals surface area contributed by atoms with E-state index in [1.54, 1.807) is 6.20 Å². The number of carbonyl (C=O) groups excluding carboxylic acids is 1. The Morgan fingerprint density at radius 2 is 2.12 bits per heavy atom. The lowest BCUT2D eigenvalue weighted by atomic mass is 9.93. The van der Waals surface area contributed by atoms with Gasteiger partial charge in [-0.3, -0.25) is 14.7 Å². The summed E-state index contributed by atoms with van der Waals surface area (Å²) in [5.74, 6) is 0.307.